The molecule has 0 amide bonds. The predicted octanol–water partition coefficient (Wildman–Crippen LogP) is 1.81. The maximum absolute atomic E-state index is 13.3. The molecule has 0 spiro atoms. The molecule has 23 heavy (non-hydrogen) atoms. The molecule has 1 fully saturated rings. The van der Waals surface area contributed by atoms with E-state index in [0.717, 1.165) is 13.1 Å². The third-order valence-corrected chi connectivity index (χ3v) is 4.24. The summed E-state index contributed by atoms with van der Waals surface area (Å²) in [5.74, 6) is 0.0447. The lowest BCUT2D eigenvalue weighted by atomic mass is 10.0. The molecule has 122 valence electrons. The van der Waals surface area contributed by atoms with Gasteiger partial charge in [-0.05, 0) is 19.9 Å². The molecule has 8 heteroatoms. The van der Waals surface area contributed by atoms with Crippen molar-refractivity contribution in [1.29, 1.82) is 0 Å². The topological polar surface area (TPSA) is 73.9 Å². The van der Waals surface area contributed by atoms with Gasteiger partial charge in [0, 0.05) is 43.0 Å². The average molecular weight is 338 g/mol. The fourth-order valence-electron chi connectivity index (χ4n) is 2.69. The summed E-state index contributed by atoms with van der Waals surface area (Å²) in [6.45, 7) is 6.28. The van der Waals surface area contributed by atoms with E-state index in [1.54, 1.807) is 6.07 Å². The van der Waals surface area contributed by atoms with Crippen molar-refractivity contribution >= 4 is 17.4 Å². The lowest BCUT2D eigenvalue weighted by Gasteiger charge is -2.43. The quantitative estimate of drug-likeness (QED) is 0.818. The normalized spacial score (nSPS) is 17.3. The van der Waals surface area contributed by atoms with Crippen molar-refractivity contribution in [3.63, 3.8) is 0 Å². The molecule has 0 aromatic carbocycles. The summed E-state index contributed by atoms with van der Waals surface area (Å²) in [4.78, 5) is 24.8. The van der Waals surface area contributed by atoms with E-state index < -0.39 is 11.5 Å². The van der Waals surface area contributed by atoms with E-state index in [2.05, 4.69) is 20.3 Å². The second-order valence-corrected chi connectivity index (χ2v) is 6.44. The Balaban J connectivity index is 2.12. The second kappa shape index (κ2) is 5.90. The summed E-state index contributed by atoms with van der Waals surface area (Å²) in [5, 5.41) is 3.35. The number of pyridine rings is 1. The highest BCUT2D eigenvalue weighted by Crippen LogP contribution is 2.29. The minimum atomic E-state index is -0.635. The number of nitrogens with one attached hydrogen (secondary N) is 2. The first-order valence-corrected chi connectivity index (χ1v) is 7.66. The van der Waals surface area contributed by atoms with Crippen molar-refractivity contribution in [2.45, 2.75) is 19.4 Å². The van der Waals surface area contributed by atoms with Gasteiger partial charge in [-0.25, -0.2) is 9.97 Å². The number of anilines is 1. The maximum atomic E-state index is 13.3. The summed E-state index contributed by atoms with van der Waals surface area (Å²) in [5.41, 5.74) is -0.248. The van der Waals surface area contributed by atoms with Crippen LogP contribution in [0.1, 0.15) is 13.8 Å². The molecule has 2 N–H and O–H groups in total. The highest BCUT2D eigenvalue weighted by molar-refractivity contribution is 6.32. The SMILES string of the molecule is CC1(C)CNCCN1c1nc(-c2ccnc(F)c2)[nH]c(=O)c1Cl. The van der Waals surface area contributed by atoms with Gasteiger partial charge < -0.3 is 15.2 Å². The van der Waals surface area contributed by atoms with Gasteiger partial charge in [-0.15, -0.1) is 0 Å². The second-order valence-electron chi connectivity index (χ2n) is 6.06. The van der Waals surface area contributed by atoms with E-state index in [0.29, 0.717) is 17.9 Å². The van der Waals surface area contributed by atoms with Crippen LogP contribution in [0.3, 0.4) is 0 Å². The minimum absolute atomic E-state index is 0.0400. The van der Waals surface area contributed by atoms with Crippen molar-refractivity contribution in [2.24, 2.45) is 0 Å². The Labute approximate surface area is 137 Å². The number of H-pyrrole nitrogens is 1. The number of halogens is 2. The number of rotatable bonds is 2. The number of nitrogens with zero attached hydrogens (tertiary/aromatic N) is 3. The van der Waals surface area contributed by atoms with Gasteiger partial charge in [0.25, 0.3) is 5.56 Å². The Kier molecular flexibility index (Phi) is 4.08. The van der Waals surface area contributed by atoms with Crippen molar-refractivity contribution < 1.29 is 4.39 Å². The van der Waals surface area contributed by atoms with Gasteiger partial charge in [0.05, 0.1) is 0 Å². The van der Waals surface area contributed by atoms with Crippen molar-refractivity contribution in [3.8, 4) is 11.4 Å². The molecule has 0 atom stereocenters. The first-order chi connectivity index (χ1) is 10.9. The number of hydrogen-bond acceptors (Lipinski definition) is 5. The Hall–Kier alpha value is -1.99. The molecule has 3 rings (SSSR count). The van der Waals surface area contributed by atoms with Crippen LogP contribution in [0, 0.1) is 5.95 Å². The van der Waals surface area contributed by atoms with Crippen LogP contribution >= 0.6 is 11.6 Å². The highest BCUT2D eigenvalue weighted by atomic mass is 35.5. The van der Waals surface area contributed by atoms with Crippen LogP contribution in [-0.4, -0.2) is 40.1 Å². The molecule has 3 heterocycles. The monoisotopic (exact) mass is 337 g/mol. The molecular formula is C15H17ClFN5O. The summed E-state index contributed by atoms with van der Waals surface area (Å²) in [6.07, 6.45) is 1.33. The molecule has 1 aliphatic rings. The van der Waals surface area contributed by atoms with Gasteiger partial charge in [-0.2, -0.15) is 4.39 Å². The third kappa shape index (κ3) is 3.07. The van der Waals surface area contributed by atoms with Crippen LogP contribution in [0.5, 0.6) is 0 Å². The van der Waals surface area contributed by atoms with E-state index in [4.69, 9.17) is 11.6 Å². The Morgan fingerprint density at radius 2 is 2.22 bits per heavy atom. The van der Waals surface area contributed by atoms with E-state index in [1.165, 1.54) is 12.3 Å². The molecule has 2 aromatic rings. The zero-order valence-electron chi connectivity index (χ0n) is 12.9. The minimum Gasteiger partial charge on any atom is -0.347 e. The molecule has 0 saturated carbocycles. The summed E-state index contributed by atoms with van der Waals surface area (Å²) in [7, 11) is 0. The summed E-state index contributed by atoms with van der Waals surface area (Å²) < 4.78 is 13.3. The van der Waals surface area contributed by atoms with Crippen molar-refractivity contribution in [3.05, 3.63) is 39.7 Å². The van der Waals surface area contributed by atoms with E-state index in [-0.39, 0.29) is 16.4 Å². The number of hydrogen-bond donors (Lipinski definition) is 2. The number of piperazine rings is 1. The van der Waals surface area contributed by atoms with Crippen LogP contribution in [0.25, 0.3) is 11.4 Å². The lowest BCUT2D eigenvalue weighted by molar-refractivity contribution is 0.378. The Morgan fingerprint density at radius 3 is 2.91 bits per heavy atom. The maximum Gasteiger partial charge on any atom is 0.272 e. The molecule has 2 aromatic heterocycles. The fraction of sp³-hybridized carbons (Fsp3) is 0.400. The predicted molar refractivity (Wildman–Crippen MR) is 87.4 cm³/mol. The largest absolute Gasteiger partial charge is 0.347 e. The van der Waals surface area contributed by atoms with Crippen LogP contribution in [0.15, 0.2) is 23.1 Å². The summed E-state index contributed by atoms with van der Waals surface area (Å²) >= 11 is 6.19. The zero-order valence-corrected chi connectivity index (χ0v) is 13.6. The molecule has 0 unspecified atom stereocenters. The van der Waals surface area contributed by atoms with Gasteiger partial charge in [-0.3, -0.25) is 4.79 Å². The van der Waals surface area contributed by atoms with Crippen LogP contribution in [0.2, 0.25) is 5.02 Å². The molecule has 6 nitrogen and oxygen atoms in total. The van der Waals surface area contributed by atoms with Gasteiger partial charge in [0.15, 0.2) is 5.82 Å². The number of aromatic amines is 1. The molecular weight excluding hydrogens is 321 g/mol. The fourth-order valence-corrected chi connectivity index (χ4v) is 2.88. The van der Waals surface area contributed by atoms with Gasteiger partial charge in [-0.1, -0.05) is 11.6 Å². The number of aromatic nitrogens is 3. The Morgan fingerprint density at radius 1 is 1.43 bits per heavy atom. The molecule has 0 radical (unpaired) electrons. The van der Waals surface area contributed by atoms with E-state index in [9.17, 15) is 9.18 Å². The lowest BCUT2D eigenvalue weighted by Crippen LogP contribution is -2.58. The first-order valence-electron chi connectivity index (χ1n) is 7.28. The van der Waals surface area contributed by atoms with Crippen LogP contribution < -0.4 is 15.8 Å². The van der Waals surface area contributed by atoms with E-state index in [1.807, 2.05) is 18.7 Å². The molecule has 1 aliphatic heterocycles. The van der Waals surface area contributed by atoms with Crippen LogP contribution in [0.4, 0.5) is 10.2 Å². The van der Waals surface area contributed by atoms with Gasteiger partial charge >= 0.3 is 0 Å². The standard InChI is InChI=1S/C15H17ClFN5O/c1-15(2)8-18-5-6-22(15)13-11(16)14(23)21-12(20-13)9-3-4-19-10(17)7-9/h3-4,7,18H,5-6,8H2,1-2H3,(H,20,21,23). The smallest absolute Gasteiger partial charge is 0.272 e. The van der Waals surface area contributed by atoms with Crippen molar-refractivity contribution in [1.82, 2.24) is 20.3 Å². The zero-order chi connectivity index (χ0) is 16.6. The average Bonchev–Trinajstić information content (AvgIpc) is 2.50. The third-order valence-electron chi connectivity index (χ3n) is 3.90. The Bertz CT molecular complexity index is 792. The summed E-state index contributed by atoms with van der Waals surface area (Å²) in [6, 6.07) is 2.81. The van der Waals surface area contributed by atoms with Crippen molar-refractivity contribution in [2.75, 3.05) is 24.5 Å². The van der Waals surface area contributed by atoms with E-state index >= 15 is 0 Å². The molecule has 0 bridgehead atoms. The molecule has 1 saturated heterocycles. The van der Waals surface area contributed by atoms with Gasteiger partial charge in [0.2, 0.25) is 5.95 Å². The van der Waals surface area contributed by atoms with Gasteiger partial charge in [0.1, 0.15) is 10.8 Å². The molecule has 0 aliphatic carbocycles. The first kappa shape index (κ1) is 15.9. The highest BCUT2D eigenvalue weighted by Gasteiger charge is 2.32. The van der Waals surface area contributed by atoms with Crippen LogP contribution in [-0.2, 0) is 0 Å².